The zero-order valence-electron chi connectivity index (χ0n) is 17.5. The smallest absolute Gasteiger partial charge is 0.243 e. The monoisotopic (exact) mass is 466 g/mol. The zero-order chi connectivity index (χ0) is 22.1. The van der Waals surface area contributed by atoms with E-state index in [4.69, 9.17) is 23.2 Å². The van der Waals surface area contributed by atoms with E-state index in [2.05, 4.69) is 5.32 Å². The molecule has 0 aromatic heterocycles. The van der Waals surface area contributed by atoms with Gasteiger partial charge in [-0.3, -0.25) is 9.59 Å². The van der Waals surface area contributed by atoms with Crippen molar-refractivity contribution < 1.29 is 9.59 Å². The molecule has 0 aliphatic rings. The first kappa shape index (κ1) is 24.6. The van der Waals surface area contributed by atoms with Crippen molar-refractivity contribution in [2.45, 2.75) is 51.6 Å². The predicted molar refractivity (Wildman–Crippen MR) is 127 cm³/mol. The first-order valence-corrected chi connectivity index (χ1v) is 11.9. The fourth-order valence-electron chi connectivity index (χ4n) is 3.06. The molecule has 0 aliphatic heterocycles. The van der Waals surface area contributed by atoms with Crippen molar-refractivity contribution in [1.82, 2.24) is 10.2 Å². The van der Waals surface area contributed by atoms with Gasteiger partial charge in [0, 0.05) is 28.4 Å². The van der Waals surface area contributed by atoms with Crippen LogP contribution in [0.5, 0.6) is 0 Å². The third-order valence-corrected chi connectivity index (χ3v) is 6.26. The van der Waals surface area contributed by atoms with Gasteiger partial charge in [-0.05, 0) is 43.5 Å². The zero-order valence-corrected chi connectivity index (χ0v) is 19.9. The number of thioether (sulfide) groups is 1. The van der Waals surface area contributed by atoms with Gasteiger partial charge in [0.25, 0.3) is 0 Å². The highest BCUT2D eigenvalue weighted by atomic mass is 35.5. The van der Waals surface area contributed by atoms with Crippen LogP contribution in [-0.2, 0) is 21.9 Å². The number of nitrogens with zero attached hydrogens (tertiary/aromatic N) is 1. The number of benzene rings is 2. The number of hydrogen-bond acceptors (Lipinski definition) is 3. The van der Waals surface area contributed by atoms with Crippen LogP contribution in [0.1, 0.15) is 38.3 Å². The number of halogens is 2. The Bertz CT molecular complexity index is 861. The van der Waals surface area contributed by atoms with Crippen molar-refractivity contribution in [1.29, 1.82) is 0 Å². The summed E-state index contributed by atoms with van der Waals surface area (Å²) >= 11 is 14.0. The minimum Gasteiger partial charge on any atom is -0.352 e. The van der Waals surface area contributed by atoms with Crippen molar-refractivity contribution in [3.8, 4) is 0 Å². The molecule has 2 amide bonds. The summed E-state index contributed by atoms with van der Waals surface area (Å²) in [6.45, 7) is 6.01. The summed E-state index contributed by atoms with van der Waals surface area (Å²) in [5.41, 5.74) is 1.80. The minimum absolute atomic E-state index is 0.00147. The van der Waals surface area contributed by atoms with Gasteiger partial charge in [-0.1, -0.05) is 66.5 Å². The third kappa shape index (κ3) is 7.22. The van der Waals surface area contributed by atoms with Crippen molar-refractivity contribution in [3.05, 3.63) is 69.7 Å². The van der Waals surface area contributed by atoms with Gasteiger partial charge in [0.05, 0.1) is 5.75 Å². The summed E-state index contributed by atoms with van der Waals surface area (Å²) in [6.07, 6.45) is 0.518. The van der Waals surface area contributed by atoms with E-state index in [1.165, 1.54) is 11.8 Å². The number of rotatable bonds is 10. The van der Waals surface area contributed by atoms with E-state index < -0.39 is 6.04 Å². The molecule has 30 heavy (non-hydrogen) atoms. The molecule has 0 fully saturated rings. The Balaban J connectivity index is 2.16. The van der Waals surface area contributed by atoms with Crippen LogP contribution in [0, 0.1) is 0 Å². The van der Waals surface area contributed by atoms with E-state index in [-0.39, 0.29) is 30.2 Å². The molecule has 2 rings (SSSR count). The summed E-state index contributed by atoms with van der Waals surface area (Å²) in [4.78, 5) is 27.6. The maximum Gasteiger partial charge on any atom is 0.243 e. The number of carbonyl (C=O) groups excluding carboxylic acids is 2. The molecule has 1 N–H and O–H groups in total. The first-order chi connectivity index (χ1) is 14.3. The van der Waals surface area contributed by atoms with Gasteiger partial charge in [0.15, 0.2) is 0 Å². The Kier molecular flexibility index (Phi) is 10.0. The number of hydrogen-bond donors (Lipinski definition) is 1. The second kappa shape index (κ2) is 12.2. The summed E-state index contributed by atoms with van der Waals surface area (Å²) in [7, 11) is 0. The highest BCUT2D eigenvalue weighted by Gasteiger charge is 2.29. The molecule has 162 valence electrons. The van der Waals surface area contributed by atoms with E-state index in [1.54, 1.807) is 11.0 Å². The van der Waals surface area contributed by atoms with Gasteiger partial charge in [0.2, 0.25) is 11.8 Å². The van der Waals surface area contributed by atoms with E-state index in [1.807, 2.05) is 63.2 Å². The summed E-state index contributed by atoms with van der Waals surface area (Å²) < 4.78 is 0. The van der Waals surface area contributed by atoms with Crippen LogP contribution in [0.3, 0.4) is 0 Å². The molecule has 0 radical (unpaired) electrons. The average molecular weight is 467 g/mol. The van der Waals surface area contributed by atoms with E-state index >= 15 is 0 Å². The Morgan fingerprint density at radius 3 is 2.10 bits per heavy atom. The lowest BCUT2D eigenvalue weighted by Crippen LogP contribution is -2.51. The lowest BCUT2D eigenvalue weighted by Gasteiger charge is -2.31. The molecule has 0 bridgehead atoms. The van der Waals surface area contributed by atoms with Crippen LogP contribution in [0.15, 0.2) is 48.5 Å². The predicted octanol–water partition coefficient (Wildman–Crippen LogP) is 5.56. The molecule has 0 aliphatic carbocycles. The van der Waals surface area contributed by atoms with Crippen LogP contribution in [0.2, 0.25) is 10.0 Å². The van der Waals surface area contributed by atoms with Gasteiger partial charge in [-0.25, -0.2) is 0 Å². The fraction of sp³-hybridized carbons (Fsp3) is 0.391. The molecule has 0 saturated heterocycles. The Hall–Kier alpha value is -1.69. The van der Waals surface area contributed by atoms with Crippen LogP contribution >= 0.6 is 35.0 Å². The molecule has 0 heterocycles. The molecule has 0 saturated carbocycles. The molecule has 1 atom stereocenters. The number of nitrogens with one attached hydrogen (secondary N) is 1. The third-order valence-electron chi connectivity index (χ3n) is 4.56. The van der Waals surface area contributed by atoms with Crippen molar-refractivity contribution in [2.75, 3.05) is 5.75 Å². The van der Waals surface area contributed by atoms with E-state index in [9.17, 15) is 9.59 Å². The largest absolute Gasteiger partial charge is 0.352 e. The molecule has 0 unspecified atom stereocenters. The highest BCUT2D eigenvalue weighted by Crippen LogP contribution is 2.23. The van der Waals surface area contributed by atoms with Gasteiger partial charge >= 0.3 is 0 Å². The first-order valence-electron chi connectivity index (χ1n) is 9.97. The van der Waals surface area contributed by atoms with E-state index in [0.717, 1.165) is 11.1 Å². The molecule has 0 spiro atoms. The van der Waals surface area contributed by atoms with Crippen LogP contribution in [-0.4, -0.2) is 34.6 Å². The lowest BCUT2D eigenvalue weighted by molar-refractivity contribution is -0.139. The van der Waals surface area contributed by atoms with Gasteiger partial charge < -0.3 is 10.2 Å². The minimum atomic E-state index is -0.558. The van der Waals surface area contributed by atoms with Crippen LogP contribution < -0.4 is 5.32 Å². The van der Waals surface area contributed by atoms with Crippen molar-refractivity contribution in [2.24, 2.45) is 0 Å². The summed E-state index contributed by atoms with van der Waals surface area (Å²) in [5, 5.41) is 4.20. The Morgan fingerprint density at radius 2 is 1.57 bits per heavy atom. The lowest BCUT2D eigenvalue weighted by atomic mass is 10.1. The maximum atomic E-state index is 13.2. The molecule has 4 nitrogen and oxygen atoms in total. The SMILES string of the molecule is CC[C@H](C(=O)NC(C)C)N(Cc1ccccc1Cl)C(=O)CSCc1ccccc1Cl. The maximum absolute atomic E-state index is 13.2. The number of carbonyl (C=O) groups is 2. The van der Waals surface area contributed by atoms with Crippen molar-refractivity contribution >= 4 is 46.8 Å². The molecular weight excluding hydrogens is 439 g/mol. The Labute approximate surface area is 193 Å². The van der Waals surface area contributed by atoms with Gasteiger partial charge in [-0.2, -0.15) is 0 Å². The second-order valence-electron chi connectivity index (χ2n) is 7.28. The van der Waals surface area contributed by atoms with Gasteiger partial charge in [0.1, 0.15) is 6.04 Å². The normalized spacial score (nSPS) is 11.9. The highest BCUT2D eigenvalue weighted by molar-refractivity contribution is 7.99. The van der Waals surface area contributed by atoms with Crippen molar-refractivity contribution in [3.63, 3.8) is 0 Å². The molecule has 2 aromatic carbocycles. The molecule has 7 heteroatoms. The van der Waals surface area contributed by atoms with E-state index in [0.29, 0.717) is 22.2 Å². The Morgan fingerprint density at radius 1 is 1.00 bits per heavy atom. The average Bonchev–Trinajstić information content (AvgIpc) is 2.70. The van der Waals surface area contributed by atoms with Gasteiger partial charge in [-0.15, -0.1) is 11.8 Å². The number of amides is 2. The quantitative estimate of drug-likeness (QED) is 0.498. The summed E-state index contributed by atoms with van der Waals surface area (Å²) in [6, 6.07) is 14.4. The topological polar surface area (TPSA) is 49.4 Å². The summed E-state index contributed by atoms with van der Waals surface area (Å²) in [5.74, 6) is 0.628. The second-order valence-corrected chi connectivity index (χ2v) is 9.08. The fourth-order valence-corrected chi connectivity index (χ4v) is 4.45. The van der Waals surface area contributed by atoms with Crippen LogP contribution in [0.4, 0.5) is 0 Å². The van der Waals surface area contributed by atoms with Crippen LogP contribution in [0.25, 0.3) is 0 Å². The standard InChI is InChI=1S/C23H28Cl2N2O2S/c1-4-21(23(29)26-16(2)3)27(13-17-9-5-7-11-19(17)24)22(28)15-30-14-18-10-6-8-12-20(18)25/h5-12,16,21H,4,13-15H2,1-3H3,(H,26,29)/t21-/m1/s1. The molecule has 2 aromatic rings. The molecular formula is C23H28Cl2N2O2S.